The second-order valence-electron chi connectivity index (χ2n) is 8.96. The highest BCUT2D eigenvalue weighted by molar-refractivity contribution is 7.77. The molecule has 1 N–H and O–H groups in total. The molecule has 8 nitrogen and oxygen atoms in total. The van der Waals surface area contributed by atoms with Gasteiger partial charge in [-0.25, -0.2) is 9.52 Å². The minimum atomic E-state index is -2.37. The molecule has 9 heteroatoms. The van der Waals surface area contributed by atoms with E-state index < -0.39 is 22.3 Å². The summed E-state index contributed by atoms with van der Waals surface area (Å²) in [5, 5.41) is 0. The molecule has 174 valence electrons. The van der Waals surface area contributed by atoms with Gasteiger partial charge in [0.15, 0.2) is 0 Å². The van der Waals surface area contributed by atoms with Crippen molar-refractivity contribution in [2.45, 2.75) is 65.5 Å². The molecule has 1 aromatic rings. The molecule has 1 aliphatic heterocycles. The highest BCUT2D eigenvalue weighted by Crippen LogP contribution is 2.37. The Morgan fingerprint density at radius 1 is 1.29 bits per heavy atom. The number of ether oxygens (including phenoxy) is 2. The Morgan fingerprint density at radius 2 is 1.94 bits per heavy atom. The smallest absolute Gasteiger partial charge is 0.410 e. The van der Waals surface area contributed by atoms with Crippen LogP contribution in [0.15, 0.2) is 24.3 Å². The molecule has 1 aliphatic rings. The van der Waals surface area contributed by atoms with Gasteiger partial charge in [0.25, 0.3) is 0 Å². The van der Waals surface area contributed by atoms with Crippen molar-refractivity contribution in [1.29, 1.82) is 0 Å². The number of hydrogen-bond donors (Lipinski definition) is 1. The monoisotopic (exact) mass is 453 g/mol. The van der Waals surface area contributed by atoms with Gasteiger partial charge < -0.3 is 18.9 Å². The van der Waals surface area contributed by atoms with E-state index in [4.69, 9.17) is 9.47 Å². The van der Waals surface area contributed by atoms with Crippen LogP contribution in [-0.4, -0.2) is 51.0 Å². The van der Waals surface area contributed by atoms with Gasteiger partial charge in [-0.3, -0.25) is 9.00 Å². The number of hydrogen-bond acceptors (Lipinski definition) is 6. The first kappa shape index (κ1) is 25.3. The maximum absolute atomic E-state index is 12.9. The number of carbonyl (C=O) groups is 2. The Hall–Kier alpha value is -1.97. The quantitative estimate of drug-likeness (QED) is 0.501. The summed E-state index contributed by atoms with van der Waals surface area (Å²) in [7, 11) is 0. The van der Waals surface area contributed by atoms with Gasteiger partial charge in [-0.15, -0.1) is 0 Å². The molecule has 1 saturated heterocycles. The average molecular weight is 454 g/mol. The molecule has 2 rings (SSSR count). The van der Waals surface area contributed by atoms with Crippen molar-refractivity contribution in [3.63, 3.8) is 0 Å². The molecule has 0 aliphatic carbocycles. The number of carbonyl (C=O) groups excluding carboxylic acids is 2. The molecule has 2 atom stereocenters. The Morgan fingerprint density at radius 3 is 2.48 bits per heavy atom. The molecule has 1 heterocycles. The van der Waals surface area contributed by atoms with Crippen molar-refractivity contribution in [3.05, 3.63) is 35.4 Å². The number of esters is 1. The highest BCUT2D eigenvalue weighted by atomic mass is 32.2. The van der Waals surface area contributed by atoms with E-state index in [1.807, 2.05) is 45.0 Å². The molecule has 1 amide bonds. The van der Waals surface area contributed by atoms with Crippen LogP contribution in [0.5, 0.6) is 0 Å². The maximum Gasteiger partial charge on any atom is 0.410 e. The first-order valence-corrected chi connectivity index (χ1v) is 11.6. The second kappa shape index (κ2) is 10.6. The minimum absolute atomic E-state index is 0.268. The Bertz CT molecular complexity index is 799. The predicted molar refractivity (Wildman–Crippen MR) is 117 cm³/mol. The van der Waals surface area contributed by atoms with Crippen LogP contribution >= 0.6 is 0 Å². The van der Waals surface area contributed by atoms with E-state index in [0.29, 0.717) is 32.4 Å². The average Bonchev–Trinajstić information content (AvgIpc) is 2.67. The molecule has 0 saturated carbocycles. The van der Waals surface area contributed by atoms with Gasteiger partial charge in [-0.1, -0.05) is 24.3 Å². The third-order valence-corrected chi connectivity index (χ3v) is 5.89. The van der Waals surface area contributed by atoms with Crippen molar-refractivity contribution < 1.29 is 27.8 Å². The van der Waals surface area contributed by atoms with Gasteiger partial charge >= 0.3 is 12.1 Å². The molecule has 0 spiro atoms. The van der Waals surface area contributed by atoms with Crippen LogP contribution in [0.2, 0.25) is 0 Å². The summed E-state index contributed by atoms with van der Waals surface area (Å²) in [4.78, 5) is 27.0. The van der Waals surface area contributed by atoms with Gasteiger partial charge in [0.1, 0.15) is 5.60 Å². The lowest BCUT2D eigenvalue weighted by Crippen LogP contribution is -2.49. The van der Waals surface area contributed by atoms with Gasteiger partial charge in [-0.2, -0.15) is 0 Å². The van der Waals surface area contributed by atoms with E-state index >= 15 is 0 Å². The predicted octanol–water partition coefficient (Wildman–Crippen LogP) is 3.25. The fraction of sp³-hybridized carbons (Fsp3) is 0.636. The first-order valence-electron chi connectivity index (χ1n) is 10.6. The van der Waals surface area contributed by atoms with E-state index in [1.165, 1.54) is 0 Å². The molecule has 1 fully saturated rings. The van der Waals surface area contributed by atoms with Crippen molar-refractivity contribution in [2.24, 2.45) is 5.41 Å². The highest BCUT2D eigenvalue weighted by Gasteiger charge is 2.44. The van der Waals surface area contributed by atoms with Crippen molar-refractivity contribution in [2.75, 3.05) is 19.7 Å². The fourth-order valence-electron chi connectivity index (χ4n) is 3.76. The van der Waals surface area contributed by atoms with E-state index in [9.17, 15) is 18.4 Å². The van der Waals surface area contributed by atoms with Crippen LogP contribution < -0.4 is 4.72 Å². The Balaban J connectivity index is 2.18. The number of likely N-dealkylation sites (tertiary alicyclic amines) is 1. The van der Waals surface area contributed by atoms with Crippen LogP contribution in [0.3, 0.4) is 0 Å². The van der Waals surface area contributed by atoms with Crippen LogP contribution in [0.1, 0.15) is 64.6 Å². The third-order valence-electron chi connectivity index (χ3n) is 5.35. The standard InChI is InChI=1S/C22H34N2O6S/c1-6-29-19(25)22(10-12-24(13-11-22)20(26)30-21(3,4)5)15-17-8-7-9-18(14-17)16(2)23-31(27)28/h7-9,14,16,23H,6,10-13,15H2,1-5H3,(H,27,28)/p-1. The van der Waals surface area contributed by atoms with Crippen molar-refractivity contribution in [3.8, 4) is 0 Å². The molecule has 1 aromatic carbocycles. The Kier molecular flexibility index (Phi) is 8.62. The van der Waals surface area contributed by atoms with Crippen LogP contribution in [-0.2, 0) is 32.0 Å². The van der Waals surface area contributed by atoms with Gasteiger partial charge in [-0.05, 0) is 65.0 Å². The van der Waals surface area contributed by atoms with Crippen molar-refractivity contribution >= 4 is 23.3 Å². The van der Waals surface area contributed by atoms with Gasteiger partial charge in [0, 0.05) is 30.4 Å². The number of nitrogens with one attached hydrogen (secondary N) is 1. The summed E-state index contributed by atoms with van der Waals surface area (Å²) in [6.45, 7) is 10.1. The molecular weight excluding hydrogens is 420 g/mol. The minimum Gasteiger partial charge on any atom is -0.760 e. The summed E-state index contributed by atoms with van der Waals surface area (Å²) in [5.41, 5.74) is 0.408. The molecule has 0 aromatic heterocycles. The van der Waals surface area contributed by atoms with Gasteiger partial charge in [0.2, 0.25) is 0 Å². The normalized spacial score (nSPS) is 18.2. The van der Waals surface area contributed by atoms with Crippen LogP contribution in [0.25, 0.3) is 0 Å². The first-order chi connectivity index (χ1) is 14.5. The topological polar surface area (TPSA) is 108 Å². The zero-order valence-electron chi connectivity index (χ0n) is 18.9. The molecule has 0 radical (unpaired) electrons. The summed E-state index contributed by atoms with van der Waals surface area (Å²) in [5.74, 6) is -0.268. The lowest BCUT2D eigenvalue weighted by molar-refractivity contribution is -0.158. The zero-order chi connectivity index (χ0) is 23.2. The van der Waals surface area contributed by atoms with E-state index in [-0.39, 0.29) is 24.7 Å². The lowest BCUT2D eigenvalue weighted by Gasteiger charge is -2.40. The molecule has 0 bridgehead atoms. The van der Waals surface area contributed by atoms with Gasteiger partial charge in [0.05, 0.1) is 12.0 Å². The van der Waals surface area contributed by atoms with E-state index in [0.717, 1.165) is 11.1 Å². The largest absolute Gasteiger partial charge is 0.760 e. The van der Waals surface area contributed by atoms with E-state index in [2.05, 4.69) is 4.72 Å². The van der Waals surface area contributed by atoms with E-state index in [1.54, 1.807) is 18.7 Å². The number of rotatable bonds is 7. The number of piperidine rings is 1. The molecule has 2 unspecified atom stereocenters. The number of nitrogens with zero attached hydrogens (tertiary/aromatic N) is 1. The van der Waals surface area contributed by atoms with Crippen LogP contribution in [0, 0.1) is 5.41 Å². The SMILES string of the molecule is CCOC(=O)C1(Cc2cccc(C(C)NS(=O)[O-])c2)CCN(C(=O)OC(C)(C)C)CC1. The summed E-state index contributed by atoms with van der Waals surface area (Å²) in [6, 6.07) is 7.14. The summed E-state index contributed by atoms with van der Waals surface area (Å²) >= 11 is -2.37. The molecular formula is C22H33N2O6S-. The summed E-state index contributed by atoms with van der Waals surface area (Å²) in [6.07, 6.45) is 1.01. The zero-order valence-corrected chi connectivity index (χ0v) is 19.8. The molecule has 31 heavy (non-hydrogen) atoms. The fourth-order valence-corrected chi connectivity index (χ4v) is 4.18. The lowest BCUT2D eigenvalue weighted by atomic mass is 9.73. The maximum atomic E-state index is 12.9. The summed E-state index contributed by atoms with van der Waals surface area (Å²) < 4.78 is 35.2. The second-order valence-corrected chi connectivity index (χ2v) is 9.67. The third kappa shape index (κ3) is 7.29. The van der Waals surface area contributed by atoms with Crippen LogP contribution in [0.4, 0.5) is 4.79 Å². The number of benzene rings is 1. The van der Waals surface area contributed by atoms with Crippen molar-refractivity contribution in [1.82, 2.24) is 9.62 Å². The number of amides is 1. The Labute approximate surface area is 187 Å².